The molecule has 0 bridgehead atoms. The second-order valence-electron chi connectivity index (χ2n) is 10.4. The van der Waals surface area contributed by atoms with Crippen LogP contribution in [0.2, 0.25) is 0 Å². The molecule has 0 saturated heterocycles. The van der Waals surface area contributed by atoms with E-state index in [0.717, 1.165) is 0 Å². The summed E-state index contributed by atoms with van der Waals surface area (Å²) in [5, 5.41) is 21.9. The predicted molar refractivity (Wildman–Crippen MR) is 156 cm³/mol. The molecule has 1 aliphatic heterocycles. The van der Waals surface area contributed by atoms with Crippen LogP contribution in [0.15, 0.2) is 75.5 Å². The van der Waals surface area contributed by atoms with E-state index in [1.807, 2.05) is 13.8 Å². The highest BCUT2D eigenvalue weighted by atomic mass is 32.2. The predicted octanol–water partition coefficient (Wildman–Crippen LogP) is 5.36. The molecule has 210 valence electrons. The number of nitrogens with two attached hydrogens (primary N) is 1. The van der Waals surface area contributed by atoms with Crippen LogP contribution in [0.25, 0.3) is 0 Å². The number of ether oxygens (including phenoxy) is 1. The van der Waals surface area contributed by atoms with Crippen molar-refractivity contribution >= 4 is 45.6 Å². The van der Waals surface area contributed by atoms with E-state index < -0.39 is 17.2 Å². The fourth-order valence-corrected chi connectivity index (χ4v) is 6.80. The van der Waals surface area contributed by atoms with E-state index in [1.54, 1.807) is 54.5 Å². The number of thioether (sulfide) groups is 1. The smallest absolute Gasteiger partial charge is 0.234 e. The maximum absolute atomic E-state index is 15.0. The number of hydrogen-bond donors (Lipinski definition) is 2. The maximum Gasteiger partial charge on any atom is 0.234 e. The zero-order chi connectivity index (χ0) is 29.3. The van der Waals surface area contributed by atoms with Crippen LogP contribution in [0, 0.1) is 22.6 Å². The van der Waals surface area contributed by atoms with Crippen molar-refractivity contribution in [2.45, 2.75) is 36.9 Å². The molecule has 5 rings (SSSR count). The molecule has 41 heavy (non-hydrogen) atoms. The Morgan fingerprint density at radius 1 is 1.27 bits per heavy atom. The number of nitrogens with one attached hydrogen (secondary N) is 1. The van der Waals surface area contributed by atoms with Crippen molar-refractivity contribution in [2.24, 2.45) is 11.1 Å². The minimum absolute atomic E-state index is 0.0731. The van der Waals surface area contributed by atoms with Gasteiger partial charge in [-0.3, -0.25) is 14.5 Å². The molecule has 12 heteroatoms. The summed E-state index contributed by atoms with van der Waals surface area (Å²) in [7, 11) is 1.55. The number of ketones is 1. The average molecular weight is 591 g/mol. The van der Waals surface area contributed by atoms with Crippen molar-refractivity contribution in [3.05, 3.63) is 82.6 Å². The Kier molecular flexibility index (Phi) is 7.84. The van der Waals surface area contributed by atoms with Gasteiger partial charge in [0.05, 0.1) is 30.4 Å². The molecule has 2 aromatic carbocycles. The maximum atomic E-state index is 15.0. The Morgan fingerprint density at radius 2 is 2.05 bits per heavy atom. The normalized spacial score (nSPS) is 18.2. The van der Waals surface area contributed by atoms with Gasteiger partial charge in [-0.2, -0.15) is 5.26 Å². The monoisotopic (exact) mass is 590 g/mol. The molecule has 9 nitrogen and oxygen atoms in total. The van der Waals surface area contributed by atoms with Crippen molar-refractivity contribution in [3.63, 3.8) is 0 Å². The van der Waals surface area contributed by atoms with Gasteiger partial charge in [-0.1, -0.05) is 61.2 Å². The van der Waals surface area contributed by atoms with Gasteiger partial charge < -0.3 is 15.8 Å². The molecular formula is C29H27FN6O3S2. The summed E-state index contributed by atoms with van der Waals surface area (Å²) in [6, 6.07) is 15.3. The zero-order valence-corrected chi connectivity index (χ0v) is 24.2. The van der Waals surface area contributed by atoms with E-state index in [-0.39, 0.29) is 40.8 Å². The third-order valence-corrected chi connectivity index (χ3v) is 8.91. The first-order chi connectivity index (χ1) is 19.6. The van der Waals surface area contributed by atoms with E-state index in [0.29, 0.717) is 38.6 Å². The zero-order valence-electron chi connectivity index (χ0n) is 22.6. The third-order valence-electron chi connectivity index (χ3n) is 6.86. The summed E-state index contributed by atoms with van der Waals surface area (Å²) in [5.41, 5.74) is 8.05. The molecular weight excluding hydrogens is 563 g/mol. The fraction of sp³-hybridized carbons (Fsp3) is 0.276. The van der Waals surface area contributed by atoms with Gasteiger partial charge in [0.25, 0.3) is 0 Å². The summed E-state index contributed by atoms with van der Waals surface area (Å²) < 4.78 is 20.7. The van der Waals surface area contributed by atoms with Gasteiger partial charge in [0, 0.05) is 35.0 Å². The van der Waals surface area contributed by atoms with Gasteiger partial charge in [0.1, 0.15) is 17.4 Å². The van der Waals surface area contributed by atoms with Gasteiger partial charge in [0.15, 0.2) is 10.1 Å². The summed E-state index contributed by atoms with van der Waals surface area (Å²) in [6.07, 6.45) is 0.715. The van der Waals surface area contributed by atoms with Crippen molar-refractivity contribution in [2.75, 3.05) is 23.1 Å². The number of allylic oxidation sites excluding steroid dienone is 3. The molecule has 1 atom stereocenters. The molecule has 2 heterocycles. The van der Waals surface area contributed by atoms with Gasteiger partial charge in [0.2, 0.25) is 11.0 Å². The van der Waals surface area contributed by atoms with Gasteiger partial charge in [-0.25, -0.2) is 4.39 Å². The van der Waals surface area contributed by atoms with E-state index >= 15 is 4.39 Å². The topological polar surface area (TPSA) is 134 Å². The SMILES string of the molecule is COc1cccc(NC(=O)CSc2nnc(N3C(N)=C(C#N)C(c4ccccc4F)C4=C3CC(C)(C)CC4=O)s2)c1. The Hall–Kier alpha value is -4.21. The highest BCUT2D eigenvalue weighted by Crippen LogP contribution is 2.51. The molecule has 1 aromatic heterocycles. The Labute approximate surface area is 244 Å². The lowest BCUT2D eigenvalue weighted by molar-refractivity contribution is -0.118. The number of aromatic nitrogens is 2. The van der Waals surface area contributed by atoms with Crippen LogP contribution in [0.3, 0.4) is 0 Å². The minimum atomic E-state index is -0.918. The van der Waals surface area contributed by atoms with E-state index in [9.17, 15) is 14.9 Å². The molecule has 0 fully saturated rings. The van der Waals surface area contributed by atoms with Gasteiger partial charge in [-0.05, 0) is 30.0 Å². The summed E-state index contributed by atoms with van der Waals surface area (Å²) in [4.78, 5) is 27.7. The van der Waals surface area contributed by atoms with E-state index in [1.165, 1.54) is 29.2 Å². The van der Waals surface area contributed by atoms with Gasteiger partial charge in [-0.15, -0.1) is 10.2 Å². The first-order valence-corrected chi connectivity index (χ1v) is 14.5. The number of hydrogen-bond acceptors (Lipinski definition) is 10. The number of benzene rings is 2. The number of halogens is 1. The second-order valence-corrected chi connectivity index (χ2v) is 12.6. The molecule has 3 aromatic rings. The van der Waals surface area contributed by atoms with Crippen LogP contribution in [0.5, 0.6) is 5.75 Å². The number of Topliss-reactive ketones (excluding diaryl/α,β-unsaturated/α-hetero) is 1. The third kappa shape index (κ3) is 5.68. The highest BCUT2D eigenvalue weighted by Gasteiger charge is 2.46. The number of anilines is 2. The highest BCUT2D eigenvalue weighted by molar-refractivity contribution is 8.01. The van der Waals surface area contributed by atoms with Gasteiger partial charge >= 0.3 is 0 Å². The molecule has 1 unspecified atom stereocenters. The minimum Gasteiger partial charge on any atom is -0.497 e. The molecule has 1 amide bonds. The quantitative estimate of drug-likeness (QED) is 0.349. The first-order valence-electron chi connectivity index (χ1n) is 12.7. The Bertz CT molecular complexity index is 1640. The van der Waals surface area contributed by atoms with Crippen LogP contribution in [-0.2, 0) is 9.59 Å². The number of rotatable bonds is 7. The number of carbonyl (C=O) groups excluding carboxylic acids is 2. The van der Waals surface area contributed by atoms with Crippen LogP contribution in [0.4, 0.5) is 15.2 Å². The van der Waals surface area contributed by atoms with Crippen LogP contribution in [0.1, 0.15) is 38.2 Å². The lowest BCUT2D eigenvalue weighted by Gasteiger charge is -2.42. The lowest BCUT2D eigenvalue weighted by Crippen LogP contribution is -2.42. The van der Waals surface area contributed by atoms with Crippen LogP contribution < -0.4 is 20.7 Å². The number of amides is 1. The standard InChI is InChI=1S/C29H27FN6O3S2/c1-29(2)12-21-25(22(37)13-29)24(18-9-4-5-10-20(18)30)19(14-31)26(32)36(21)27-34-35-28(41-27)40-15-23(38)33-16-7-6-8-17(11-16)39-3/h4-11,24H,12-13,15,32H2,1-3H3,(H,33,38). The van der Waals surface area contributed by atoms with Crippen molar-refractivity contribution in [3.8, 4) is 11.8 Å². The summed E-state index contributed by atoms with van der Waals surface area (Å²) in [5.74, 6) is -1.05. The molecule has 1 aliphatic carbocycles. The van der Waals surface area contributed by atoms with Crippen LogP contribution in [-0.4, -0.2) is 34.8 Å². The molecule has 0 radical (unpaired) electrons. The summed E-state index contributed by atoms with van der Waals surface area (Å²) in [6.45, 7) is 3.96. The van der Waals surface area contributed by atoms with E-state index in [4.69, 9.17) is 10.5 Å². The second kappa shape index (κ2) is 11.3. The lowest BCUT2D eigenvalue weighted by atomic mass is 9.68. The fourth-order valence-electron chi connectivity index (χ4n) is 5.12. The average Bonchev–Trinajstić information content (AvgIpc) is 3.39. The van der Waals surface area contributed by atoms with Crippen molar-refractivity contribution in [1.82, 2.24) is 10.2 Å². The molecule has 3 N–H and O–H groups in total. The van der Waals surface area contributed by atoms with Crippen molar-refractivity contribution in [1.29, 1.82) is 5.26 Å². The number of nitrogens with zero attached hydrogens (tertiary/aromatic N) is 4. The van der Waals surface area contributed by atoms with Crippen LogP contribution >= 0.6 is 23.1 Å². The van der Waals surface area contributed by atoms with E-state index in [2.05, 4.69) is 21.6 Å². The largest absolute Gasteiger partial charge is 0.497 e. The van der Waals surface area contributed by atoms with Crippen molar-refractivity contribution < 1.29 is 18.7 Å². The Balaban J connectivity index is 1.45. The number of carbonyl (C=O) groups is 2. The first kappa shape index (κ1) is 28.3. The Morgan fingerprint density at radius 3 is 2.78 bits per heavy atom. The number of methoxy groups -OCH3 is 1. The molecule has 0 saturated carbocycles. The summed E-state index contributed by atoms with van der Waals surface area (Å²) >= 11 is 2.39. The number of nitriles is 1. The molecule has 2 aliphatic rings. The molecule has 0 spiro atoms.